The number of nitrogens with two attached hydrogens (primary N) is 2. The molecule has 0 amide bonds. The summed E-state index contributed by atoms with van der Waals surface area (Å²) in [5.74, 6) is -1.21. The van der Waals surface area contributed by atoms with Gasteiger partial charge in [-0.25, -0.2) is 0 Å². The molecule has 0 saturated heterocycles. The highest BCUT2D eigenvalue weighted by molar-refractivity contribution is 7.52. The molecule has 6 N–H and O–H groups in total. The second-order valence-electron chi connectivity index (χ2n) is 1.39. The second kappa shape index (κ2) is 2.57. The lowest BCUT2D eigenvalue weighted by Crippen LogP contribution is -2.29. The van der Waals surface area contributed by atoms with Crippen LogP contribution >= 0.6 is 7.60 Å². The molecule has 0 unspecified atom stereocenters. The highest BCUT2D eigenvalue weighted by atomic mass is 31.2. The normalized spacial score (nSPS) is 16.0. The summed E-state index contributed by atoms with van der Waals surface area (Å²) in [6, 6.07) is 0. The zero-order chi connectivity index (χ0) is 6.78. The molecule has 8 heavy (non-hydrogen) atoms. The number of hydrogen-bond acceptors (Lipinski definition) is 3. The van der Waals surface area contributed by atoms with Crippen LogP contribution in [0.2, 0.25) is 0 Å². The molecule has 1 atom stereocenters. The van der Waals surface area contributed by atoms with Crippen LogP contribution in [-0.4, -0.2) is 22.1 Å². The van der Waals surface area contributed by atoms with Gasteiger partial charge in [0.05, 0.1) is 0 Å². The molecule has 0 aliphatic carbocycles. The molecule has 5 nitrogen and oxygen atoms in total. The van der Waals surface area contributed by atoms with E-state index in [0.717, 1.165) is 0 Å². The maximum atomic E-state index is 10.1. The summed E-state index contributed by atoms with van der Waals surface area (Å²) in [5, 5.41) is 0. The topological polar surface area (TPSA) is 110 Å². The highest BCUT2D eigenvalue weighted by Gasteiger charge is 2.21. The molecule has 0 bridgehead atoms. The fourth-order valence-electron chi connectivity index (χ4n) is 0.137. The van der Waals surface area contributed by atoms with Crippen LogP contribution in [0.4, 0.5) is 0 Å². The van der Waals surface area contributed by atoms with Gasteiger partial charge in [0.15, 0.2) is 0 Å². The molecule has 0 spiro atoms. The summed E-state index contributed by atoms with van der Waals surface area (Å²) in [5.41, 5.74) is 9.70. The fourth-order valence-corrected chi connectivity index (χ4v) is 0.412. The average molecular weight is 140 g/mol. The summed E-state index contributed by atoms with van der Waals surface area (Å²) in [6.45, 7) is -0.190. The van der Waals surface area contributed by atoms with E-state index in [1.54, 1.807) is 0 Å². The van der Waals surface area contributed by atoms with Crippen molar-refractivity contribution in [1.82, 2.24) is 0 Å². The molecular formula is C2H9N2O3P. The molecule has 0 rings (SSSR count). The van der Waals surface area contributed by atoms with Crippen molar-refractivity contribution in [3.05, 3.63) is 0 Å². The van der Waals surface area contributed by atoms with E-state index in [9.17, 15) is 4.57 Å². The van der Waals surface area contributed by atoms with E-state index < -0.39 is 13.4 Å². The van der Waals surface area contributed by atoms with Crippen molar-refractivity contribution in [1.29, 1.82) is 0 Å². The minimum atomic E-state index is -4.10. The van der Waals surface area contributed by atoms with E-state index in [1.165, 1.54) is 0 Å². The van der Waals surface area contributed by atoms with Crippen molar-refractivity contribution in [2.45, 2.75) is 5.78 Å². The molecule has 0 saturated carbocycles. The monoisotopic (exact) mass is 140 g/mol. The van der Waals surface area contributed by atoms with E-state index in [1.807, 2.05) is 0 Å². The van der Waals surface area contributed by atoms with Gasteiger partial charge in [-0.3, -0.25) is 4.57 Å². The first-order valence-corrected chi connectivity index (χ1v) is 3.67. The molecule has 0 aliphatic heterocycles. The van der Waals surface area contributed by atoms with Crippen LogP contribution in [0.1, 0.15) is 0 Å². The third-order valence-corrected chi connectivity index (χ3v) is 1.75. The van der Waals surface area contributed by atoms with Crippen LogP contribution in [0.15, 0.2) is 0 Å². The maximum absolute atomic E-state index is 10.1. The third kappa shape index (κ3) is 2.40. The lowest BCUT2D eigenvalue weighted by molar-refractivity contribution is 0.359. The van der Waals surface area contributed by atoms with Crippen molar-refractivity contribution in [3.63, 3.8) is 0 Å². The molecular weight excluding hydrogens is 131 g/mol. The van der Waals surface area contributed by atoms with Crippen molar-refractivity contribution in [3.8, 4) is 0 Å². The Kier molecular flexibility index (Phi) is 2.59. The smallest absolute Gasteiger partial charge is 0.328 e. The molecule has 0 aliphatic rings. The Hall–Kier alpha value is 0.0700. The van der Waals surface area contributed by atoms with Crippen molar-refractivity contribution >= 4 is 7.60 Å². The van der Waals surface area contributed by atoms with Gasteiger partial charge in [0, 0.05) is 6.54 Å². The van der Waals surface area contributed by atoms with E-state index in [2.05, 4.69) is 0 Å². The van der Waals surface area contributed by atoms with Crippen molar-refractivity contribution in [2.24, 2.45) is 11.5 Å². The standard InChI is InChI=1S/C2H9N2O3P/c3-1-2(4)8(5,6)7/h2H,1,3-4H2,(H2,5,6,7)/t2-/m0/s1. The quantitative estimate of drug-likeness (QED) is 0.345. The van der Waals surface area contributed by atoms with Crippen molar-refractivity contribution in [2.75, 3.05) is 6.54 Å². The van der Waals surface area contributed by atoms with Gasteiger partial charge in [0.2, 0.25) is 0 Å². The fraction of sp³-hybridized carbons (Fsp3) is 1.00. The van der Waals surface area contributed by atoms with E-state index in [-0.39, 0.29) is 6.54 Å². The van der Waals surface area contributed by atoms with Crippen LogP contribution in [0.5, 0.6) is 0 Å². The van der Waals surface area contributed by atoms with Crippen LogP contribution in [-0.2, 0) is 4.57 Å². The van der Waals surface area contributed by atoms with E-state index in [4.69, 9.17) is 21.3 Å². The maximum Gasteiger partial charge on any atom is 0.343 e. The average Bonchev–Trinajstić information content (AvgIpc) is 1.62. The Balaban J connectivity index is 3.82. The summed E-state index contributed by atoms with van der Waals surface area (Å²) < 4.78 is 10.1. The molecule has 0 aromatic carbocycles. The Morgan fingerprint density at radius 2 is 2.00 bits per heavy atom. The number of rotatable bonds is 2. The van der Waals surface area contributed by atoms with Crippen LogP contribution in [0, 0.1) is 0 Å². The Bertz CT molecular complexity index is 110. The SMILES string of the molecule is NC[C@@H](N)P(=O)(O)O. The first-order valence-electron chi connectivity index (χ1n) is 1.99. The van der Waals surface area contributed by atoms with Crippen molar-refractivity contribution < 1.29 is 14.4 Å². The Labute approximate surface area is 46.8 Å². The molecule has 50 valence electrons. The van der Waals surface area contributed by atoms with Crippen LogP contribution < -0.4 is 11.5 Å². The summed E-state index contributed by atoms with van der Waals surface area (Å²) in [7, 11) is -4.10. The van der Waals surface area contributed by atoms with E-state index >= 15 is 0 Å². The van der Waals surface area contributed by atoms with Gasteiger partial charge in [-0.05, 0) is 0 Å². The van der Waals surface area contributed by atoms with Gasteiger partial charge in [-0.1, -0.05) is 0 Å². The highest BCUT2D eigenvalue weighted by Crippen LogP contribution is 2.37. The second-order valence-corrected chi connectivity index (χ2v) is 3.23. The summed E-state index contributed by atoms with van der Waals surface area (Å²) >= 11 is 0. The Morgan fingerprint density at radius 1 is 1.62 bits per heavy atom. The largest absolute Gasteiger partial charge is 0.343 e. The first kappa shape index (κ1) is 8.07. The van der Waals surface area contributed by atoms with Gasteiger partial charge < -0.3 is 21.3 Å². The van der Waals surface area contributed by atoms with Gasteiger partial charge in [-0.15, -0.1) is 0 Å². The predicted molar refractivity (Wildman–Crippen MR) is 29.1 cm³/mol. The Morgan fingerprint density at radius 3 is 2.00 bits per heavy atom. The van der Waals surface area contributed by atoms with Gasteiger partial charge >= 0.3 is 7.60 Å². The van der Waals surface area contributed by atoms with Crippen LogP contribution in [0.25, 0.3) is 0 Å². The molecule has 0 aromatic rings. The molecule has 0 radical (unpaired) electrons. The molecule has 0 fully saturated rings. The molecule has 0 aromatic heterocycles. The molecule has 6 heteroatoms. The minimum Gasteiger partial charge on any atom is -0.328 e. The summed E-state index contributed by atoms with van der Waals surface area (Å²) in [6.07, 6.45) is 0. The predicted octanol–water partition coefficient (Wildman–Crippen LogP) is -1.59. The van der Waals surface area contributed by atoms with Gasteiger partial charge in [0.25, 0.3) is 0 Å². The zero-order valence-corrected chi connectivity index (χ0v) is 5.08. The van der Waals surface area contributed by atoms with Gasteiger partial charge in [0.1, 0.15) is 5.78 Å². The molecule has 0 heterocycles. The number of hydrogen-bond donors (Lipinski definition) is 4. The lowest BCUT2D eigenvalue weighted by Gasteiger charge is -2.08. The van der Waals surface area contributed by atoms with E-state index in [0.29, 0.717) is 0 Å². The lowest BCUT2D eigenvalue weighted by atomic mass is 10.7. The minimum absolute atomic E-state index is 0.190. The van der Waals surface area contributed by atoms with Gasteiger partial charge in [-0.2, -0.15) is 0 Å². The van der Waals surface area contributed by atoms with Crippen LogP contribution in [0.3, 0.4) is 0 Å². The third-order valence-electron chi connectivity index (χ3n) is 0.674. The zero-order valence-electron chi connectivity index (χ0n) is 4.19. The summed E-state index contributed by atoms with van der Waals surface area (Å²) in [4.78, 5) is 16.4. The first-order chi connectivity index (χ1) is 3.48.